The first-order chi connectivity index (χ1) is 7.45. The molecule has 1 atom stereocenters. The van der Waals surface area contributed by atoms with E-state index >= 15 is 0 Å². The molecule has 1 fully saturated rings. The first kappa shape index (κ1) is 13.0. The number of nitrogens with one attached hydrogen (secondary N) is 1. The minimum atomic E-state index is -1.07. The summed E-state index contributed by atoms with van der Waals surface area (Å²) in [5.41, 5.74) is -1.07. The maximum atomic E-state index is 11.9. The van der Waals surface area contributed by atoms with Crippen molar-refractivity contribution in [3.8, 4) is 0 Å². The molecule has 0 aromatic rings. The molecule has 0 aromatic heterocycles. The van der Waals surface area contributed by atoms with Gasteiger partial charge in [-0.3, -0.25) is 4.79 Å². The number of hydrogen-bond acceptors (Lipinski definition) is 2. The first-order valence-corrected chi connectivity index (χ1v) is 6.01. The highest BCUT2D eigenvalue weighted by Crippen LogP contribution is 2.39. The minimum Gasteiger partial charge on any atom is -0.480 e. The van der Waals surface area contributed by atoms with Crippen LogP contribution in [0.5, 0.6) is 0 Å². The molecule has 0 bridgehead atoms. The number of carbonyl (C=O) groups is 2. The van der Waals surface area contributed by atoms with Gasteiger partial charge < -0.3 is 10.4 Å². The van der Waals surface area contributed by atoms with Gasteiger partial charge in [0.05, 0.1) is 0 Å². The Hall–Kier alpha value is -1.06. The number of carboxylic acid groups (broad SMARTS) is 1. The van der Waals surface area contributed by atoms with Gasteiger partial charge >= 0.3 is 5.97 Å². The van der Waals surface area contributed by atoms with Gasteiger partial charge in [0.25, 0.3) is 0 Å². The topological polar surface area (TPSA) is 66.4 Å². The van der Waals surface area contributed by atoms with Crippen molar-refractivity contribution < 1.29 is 14.7 Å². The van der Waals surface area contributed by atoms with Crippen LogP contribution in [0.15, 0.2) is 0 Å². The molecule has 16 heavy (non-hydrogen) atoms. The predicted octanol–water partition coefficient (Wildman–Crippen LogP) is 1.79. The van der Waals surface area contributed by atoms with Crippen molar-refractivity contribution in [2.45, 2.75) is 52.0 Å². The van der Waals surface area contributed by atoms with E-state index in [1.54, 1.807) is 6.92 Å². The number of carboxylic acids is 1. The van der Waals surface area contributed by atoms with E-state index < -0.39 is 11.5 Å². The van der Waals surface area contributed by atoms with Crippen LogP contribution in [-0.4, -0.2) is 22.5 Å². The van der Waals surface area contributed by atoms with E-state index in [9.17, 15) is 14.7 Å². The lowest BCUT2D eigenvalue weighted by Crippen LogP contribution is -2.55. The van der Waals surface area contributed by atoms with Gasteiger partial charge in [0, 0.05) is 5.92 Å². The van der Waals surface area contributed by atoms with Gasteiger partial charge in [-0.1, -0.05) is 13.8 Å². The molecule has 0 aromatic carbocycles. The van der Waals surface area contributed by atoms with Gasteiger partial charge in [0.2, 0.25) is 5.91 Å². The summed E-state index contributed by atoms with van der Waals surface area (Å²) in [7, 11) is 0. The summed E-state index contributed by atoms with van der Waals surface area (Å²) in [4.78, 5) is 23.1. The van der Waals surface area contributed by atoms with Gasteiger partial charge in [-0.15, -0.1) is 0 Å². The molecule has 2 N–H and O–H groups in total. The van der Waals surface area contributed by atoms with E-state index in [-0.39, 0.29) is 17.7 Å². The van der Waals surface area contributed by atoms with Crippen LogP contribution in [0.1, 0.15) is 46.5 Å². The van der Waals surface area contributed by atoms with Crippen LogP contribution in [0, 0.1) is 11.8 Å². The van der Waals surface area contributed by atoms with Gasteiger partial charge in [0.1, 0.15) is 5.54 Å². The maximum absolute atomic E-state index is 11.9. The van der Waals surface area contributed by atoms with E-state index in [2.05, 4.69) is 5.32 Å². The standard InChI is InChI=1S/C12H21NO3/c1-4-8(5-2)10(14)13-12(3,11(15)16)9-6-7-9/h8-9H,4-7H2,1-3H3,(H,13,14)(H,15,16). The van der Waals surface area contributed by atoms with E-state index in [0.717, 1.165) is 25.7 Å². The molecule has 1 unspecified atom stereocenters. The number of carbonyl (C=O) groups excluding carboxylic acids is 1. The van der Waals surface area contributed by atoms with E-state index in [1.165, 1.54) is 0 Å². The summed E-state index contributed by atoms with van der Waals surface area (Å²) in [6.07, 6.45) is 3.30. The third kappa shape index (κ3) is 2.54. The molecular formula is C12H21NO3. The maximum Gasteiger partial charge on any atom is 0.329 e. The summed E-state index contributed by atoms with van der Waals surface area (Å²) in [6, 6.07) is 0. The quantitative estimate of drug-likeness (QED) is 0.727. The highest BCUT2D eigenvalue weighted by Gasteiger charge is 2.48. The molecule has 0 spiro atoms. The molecule has 0 radical (unpaired) electrons. The molecule has 1 aliphatic carbocycles. The van der Waals surface area contributed by atoms with E-state index in [4.69, 9.17) is 0 Å². The lowest BCUT2D eigenvalue weighted by Gasteiger charge is -2.28. The molecule has 4 heteroatoms. The molecule has 1 amide bonds. The molecule has 92 valence electrons. The second kappa shape index (κ2) is 4.85. The van der Waals surface area contributed by atoms with Crippen molar-refractivity contribution in [1.82, 2.24) is 5.32 Å². The Labute approximate surface area is 96.4 Å². The zero-order valence-electron chi connectivity index (χ0n) is 10.2. The van der Waals surface area contributed by atoms with Gasteiger partial charge in [-0.05, 0) is 38.5 Å². The predicted molar refractivity (Wildman–Crippen MR) is 61.0 cm³/mol. The van der Waals surface area contributed by atoms with E-state index in [1.807, 2.05) is 13.8 Å². The van der Waals surface area contributed by atoms with Crippen LogP contribution < -0.4 is 5.32 Å². The molecule has 1 rings (SSSR count). The zero-order chi connectivity index (χ0) is 12.3. The van der Waals surface area contributed by atoms with Crippen LogP contribution in [0.2, 0.25) is 0 Å². The van der Waals surface area contributed by atoms with Gasteiger partial charge in [-0.25, -0.2) is 4.79 Å². The number of amides is 1. The Balaban J connectivity index is 2.68. The zero-order valence-corrected chi connectivity index (χ0v) is 10.2. The Bertz CT molecular complexity index is 282. The fourth-order valence-corrected chi connectivity index (χ4v) is 2.01. The van der Waals surface area contributed by atoms with Crippen molar-refractivity contribution in [3.63, 3.8) is 0 Å². The lowest BCUT2D eigenvalue weighted by molar-refractivity contribution is -0.148. The molecule has 0 heterocycles. The monoisotopic (exact) mass is 227 g/mol. The third-order valence-corrected chi connectivity index (χ3v) is 3.58. The van der Waals surface area contributed by atoms with Crippen molar-refractivity contribution in [3.05, 3.63) is 0 Å². The molecule has 1 aliphatic rings. The van der Waals surface area contributed by atoms with Crippen LogP contribution in [0.3, 0.4) is 0 Å². The van der Waals surface area contributed by atoms with Crippen molar-refractivity contribution in [2.75, 3.05) is 0 Å². The first-order valence-electron chi connectivity index (χ1n) is 6.01. The Morgan fingerprint density at radius 3 is 2.19 bits per heavy atom. The molecule has 0 saturated heterocycles. The smallest absolute Gasteiger partial charge is 0.329 e. The highest BCUT2D eigenvalue weighted by molar-refractivity contribution is 5.88. The SMILES string of the molecule is CCC(CC)C(=O)NC(C)(C(=O)O)C1CC1. The number of aliphatic carboxylic acids is 1. The van der Waals surface area contributed by atoms with Gasteiger partial charge in [0.15, 0.2) is 0 Å². The third-order valence-electron chi connectivity index (χ3n) is 3.58. The summed E-state index contributed by atoms with van der Waals surface area (Å²) < 4.78 is 0. The summed E-state index contributed by atoms with van der Waals surface area (Å²) >= 11 is 0. The van der Waals surface area contributed by atoms with Crippen LogP contribution >= 0.6 is 0 Å². The minimum absolute atomic E-state index is 0.0718. The van der Waals surface area contributed by atoms with Crippen LogP contribution in [0.4, 0.5) is 0 Å². The highest BCUT2D eigenvalue weighted by atomic mass is 16.4. The van der Waals surface area contributed by atoms with Crippen molar-refractivity contribution >= 4 is 11.9 Å². The molecule has 4 nitrogen and oxygen atoms in total. The lowest BCUT2D eigenvalue weighted by atomic mass is 9.93. The average molecular weight is 227 g/mol. The number of hydrogen-bond donors (Lipinski definition) is 2. The summed E-state index contributed by atoms with van der Waals surface area (Å²) in [5, 5.41) is 11.9. The Morgan fingerprint density at radius 1 is 1.38 bits per heavy atom. The van der Waals surface area contributed by atoms with Gasteiger partial charge in [-0.2, -0.15) is 0 Å². The van der Waals surface area contributed by atoms with Crippen molar-refractivity contribution in [2.24, 2.45) is 11.8 Å². The van der Waals surface area contributed by atoms with Crippen LogP contribution in [0.25, 0.3) is 0 Å². The fourth-order valence-electron chi connectivity index (χ4n) is 2.01. The second-order valence-corrected chi connectivity index (χ2v) is 4.78. The average Bonchev–Trinajstić information content (AvgIpc) is 3.02. The molecule has 0 aliphatic heterocycles. The van der Waals surface area contributed by atoms with Crippen LogP contribution in [-0.2, 0) is 9.59 Å². The normalized spacial score (nSPS) is 19.2. The van der Waals surface area contributed by atoms with E-state index in [0.29, 0.717) is 0 Å². The largest absolute Gasteiger partial charge is 0.480 e. The second-order valence-electron chi connectivity index (χ2n) is 4.78. The molecular weight excluding hydrogens is 206 g/mol. The summed E-state index contributed by atoms with van der Waals surface area (Å²) in [6.45, 7) is 5.51. The van der Waals surface area contributed by atoms with Crippen molar-refractivity contribution in [1.29, 1.82) is 0 Å². The molecule has 1 saturated carbocycles. The number of rotatable bonds is 6. The fraction of sp³-hybridized carbons (Fsp3) is 0.833. The Morgan fingerprint density at radius 2 is 1.88 bits per heavy atom. The summed E-state index contributed by atoms with van der Waals surface area (Å²) in [5.74, 6) is -1.02. The Kier molecular flexibility index (Phi) is 3.94.